The lowest BCUT2D eigenvalue weighted by molar-refractivity contribution is -0.107. The van der Waals surface area contributed by atoms with Gasteiger partial charge in [0.2, 0.25) is 6.41 Å². The van der Waals surface area contributed by atoms with E-state index in [2.05, 4.69) is 21.8 Å². The Labute approximate surface area is 213 Å². The minimum absolute atomic E-state index is 0.259. The Morgan fingerprint density at radius 3 is 2.35 bits per heavy atom. The Balaban J connectivity index is 1.42. The highest BCUT2D eigenvalue weighted by atomic mass is 16.5. The summed E-state index contributed by atoms with van der Waals surface area (Å²) >= 11 is 0. The summed E-state index contributed by atoms with van der Waals surface area (Å²) in [5, 5.41) is 13.2. The zero-order valence-electron chi connectivity index (χ0n) is 20.1. The van der Waals surface area contributed by atoms with Gasteiger partial charge >= 0.3 is 6.03 Å². The fraction of sp³-hybridized carbons (Fsp3) is 0.111. The van der Waals surface area contributed by atoms with Crippen LogP contribution < -0.4 is 30.0 Å². The molecule has 10 heteroatoms. The summed E-state index contributed by atoms with van der Waals surface area (Å²) in [6.45, 7) is 0. The molecule has 37 heavy (non-hydrogen) atoms. The van der Waals surface area contributed by atoms with Gasteiger partial charge in [-0.05, 0) is 54.1 Å². The van der Waals surface area contributed by atoms with E-state index in [9.17, 15) is 9.59 Å². The summed E-state index contributed by atoms with van der Waals surface area (Å²) < 4.78 is 16.8. The van der Waals surface area contributed by atoms with Gasteiger partial charge in [-0.2, -0.15) is 5.26 Å². The van der Waals surface area contributed by atoms with Crippen LogP contribution >= 0.6 is 0 Å². The van der Waals surface area contributed by atoms with E-state index in [1.165, 1.54) is 0 Å². The Morgan fingerprint density at radius 1 is 1.00 bits per heavy atom. The average Bonchev–Trinajstić information content (AvgIpc) is 2.93. The van der Waals surface area contributed by atoms with E-state index in [1.54, 1.807) is 87.1 Å². The number of hydrogen-bond donors (Lipinski definition) is 2. The molecule has 10 nitrogen and oxygen atoms in total. The maximum absolute atomic E-state index is 12.4. The van der Waals surface area contributed by atoms with Crippen molar-refractivity contribution in [1.29, 1.82) is 5.26 Å². The van der Waals surface area contributed by atoms with Gasteiger partial charge in [-0.15, -0.1) is 0 Å². The smallest absolute Gasteiger partial charge is 0.338 e. The number of amides is 3. The van der Waals surface area contributed by atoms with Gasteiger partial charge in [-0.25, -0.2) is 15.2 Å². The van der Waals surface area contributed by atoms with Crippen LogP contribution in [-0.2, 0) is 11.2 Å². The van der Waals surface area contributed by atoms with E-state index >= 15 is 0 Å². The zero-order valence-corrected chi connectivity index (χ0v) is 20.1. The molecule has 3 aromatic carbocycles. The number of ether oxygens (including phenoxy) is 3. The minimum atomic E-state index is -0.608. The first kappa shape index (κ1) is 24.8. The third kappa shape index (κ3) is 5.86. The van der Waals surface area contributed by atoms with Crippen molar-refractivity contribution in [3.05, 3.63) is 78.5 Å². The van der Waals surface area contributed by atoms with E-state index in [1.807, 2.05) is 0 Å². The normalized spacial score (nSPS) is 10.2. The van der Waals surface area contributed by atoms with Crippen LogP contribution in [0.3, 0.4) is 0 Å². The Hall–Kier alpha value is -5.30. The van der Waals surface area contributed by atoms with Gasteiger partial charge in [-0.1, -0.05) is 12.1 Å². The Morgan fingerprint density at radius 2 is 1.70 bits per heavy atom. The van der Waals surface area contributed by atoms with Crippen LogP contribution in [0.5, 0.6) is 23.0 Å². The van der Waals surface area contributed by atoms with Crippen LogP contribution in [0.25, 0.3) is 10.9 Å². The summed E-state index contributed by atoms with van der Waals surface area (Å²) in [6, 6.07) is 20.2. The van der Waals surface area contributed by atoms with Crippen molar-refractivity contribution in [3.8, 4) is 29.1 Å². The second-order valence-corrected chi connectivity index (χ2v) is 7.70. The Bertz CT molecular complexity index is 1450. The number of nitrogens with zero attached hydrogens (tertiary/aromatic N) is 3. The number of urea groups is 1. The third-order valence-corrected chi connectivity index (χ3v) is 5.37. The lowest BCUT2D eigenvalue weighted by Crippen LogP contribution is -2.43. The van der Waals surface area contributed by atoms with E-state index in [0.29, 0.717) is 46.3 Å². The van der Waals surface area contributed by atoms with E-state index in [-0.39, 0.29) is 6.42 Å². The largest absolute Gasteiger partial charge is 0.493 e. The molecule has 0 bridgehead atoms. The van der Waals surface area contributed by atoms with Crippen molar-refractivity contribution >= 4 is 34.7 Å². The molecule has 3 amide bonds. The van der Waals surface area contributed by atoms with Crippen molar-refractivity contribution in [2.24, 2.45) is 0 Å². The first-order chi connectivity index (χ1) is 18.0. The topological polar surface area (TPSA) is 126 Å². The molecule has 0 saturated heterocycles. The van der Waals surface area contributed by atoms with Gasteiger partial charge < -0.3 is 19.5 Å². The molecule has 186 valence electrons. The number of rotatable bonds is 9. The number of fused-ring (bicyclic) bond motifs is 1. The van der Waals surface area contributed by atoms with Crippen molar-refractivity contribution in [2.75, 3.05) is 24.5 Å². The molecule has 0 radical (unpaired) electrons. The molecule has 2 N–H and O–H groups in total. The highest BCUT2D eigenvalue weighted by molar-refractivity contribution is 5.93. The maximum atomic E-state index is 12.4. The maximum Gasteiger partial charge on any atom is 0.338 e. The molecular weight excluding hydrogens is 474 g/mol. The molecule has 0 saturated carbocycles. The summed E-state index contributed by atoms with van der Waals surface area (Å²) in [5.41, 5.74) is 4.91. The van der Waals surface area contributed by atoms with Crippen LogP contribution in [0.15, 0.2) is 72.9 Å². The summed E-state index contributed by atoms with van der Waals surface area (Å²) in [7, 11) is 3.12. The predicted octanol–water partition coefficient (Wildman–Crippen LogP) is 4.81. The number of methoxy groups -OCH3 is 2. The minimum Gasteiger partial charge on any atom is -0.493 e. The van der Waals surface area contributed by atoms with Gasteiger partial charge in [0.25, 0.3) is 0 Å². The number of hydrazine groups is 1. The highest BCUT2D eigenvalue weighted by Gasteiger charge is 2.13. The fourth-order valence-electron chi connectivity index (χ4n) is 3.56. The molecule has 1 aromatic heterocycles. The molecule has 0 aliphatic carbocycles. The van der Waals surface area contributed by atoms with Gasteiger partial charge in [0, 0.05) is 23.3 Å². The number of hydrogen-bond acceptors (Lipinski definition) is 7. The number of benzene rings is 3. The van der Waals surface area contributed by atoms with Crippen LogP contribution in [-0.4, -0.2) is 31.6 Å². The molecule has 0 spiro atoms. The number of nitrogens with one attached hydrogen (secondary N) is 2. The predicted molar refractivity (Wildman–Crippen MR) is 138 cm³/mol. The van der Waals surface area contributed by atoms with E-state index < -0.39 is 6.03 Å². The van der Waals surface area contributed by atoms with Gasteiger partial charge in [0.05, 0.1) is 37.9 Å². The number of pyridine rings is 1. The Kier molecular flexibility index (Phi) is 7.66. The van der Waals surface area contributed by atoms with Gasteiger partial charge in [0.15, 0.2) is 11.5 Å². The molecule has 4 aromatic rings. The molecule has 0 aliphatic heterocycles. The number of carbonyl (C=O) groups excluding carboxylic acids is 2. The summed E-state index contributed by atoms with van der Waals surface area (Å²) in [4.78, 5) is 28.3. The van der Waals surface area contributed by atoms with Crippen molar-refractivity contribution in [1.82, 2.24) is 10.4 Å². The second kappa shape index (κ2) is 11.4. The van der Waals surface area contributed by atoms with Crippen LogP contribution in [0.1, 0.15) is 5.56 Å². The number of aromatic nitrogens is 1. The van der Waals surface area contributed by atoms with E-state index in [0.717, 1.165) is 16.0 Å². The molecule has 1 heterocycles. The van der Waals surface area contributed by atoms with Crippen molar-refractivity contribution in [3.63, 3.8) is 0 Å². The number of carbonyl (C=O) groups is 2. The monoisotopic (exact) mass is 497 g/mol. The van der Waals surface area contributed by atoms with Crippen LogP contribution in [0.4, 0.5) is 16.2 Å². The molecule has 4 rings (SSSR count). The quantitative estimate of drug-likeness (QED) is 0.251. The zero-order chi connectivity index (χ0) is 26.2. The SMILES string of the molecule is COc1cc2nccc(Oc3ccc(NC(=O)NN(C=O)c4ccc(CC#N)cc4)cc3)c2cc1OC. The molecule has 0 unspecified atom stereocenters. The lowest BCUT2D eigenvalue weighted by Gasteiger charge is -2.19. The van der Waals surface area contributed by atoms with Crippen LogP contribution in [0.2, 0.25) is 0 Å². The molecule has 0 aliphatic rings. The third-order valence-electron chi connectivity index (χ3n) is 5.37. The summed E-state index contributed by atoms with van der Waals surface area (Å²) in [5.74, 6) is 2.24. The van der Waals surface area contributed by atoms with Crippen LogP contribution in [0, 0.1) is 11.3 Å². The van der Waals surface area contributed by atoms with Crippen molar-refractivity contribution < 1.29 is 23.8 Å². The first-order valence-electron chi connectivity index (χ1n) is 11.1. The molecule has 0 atom stereocenters. The van der Waals surface area contributed by atoms with Gasteiger partial charge in [-0.3, -0.25) is 9.78 Å². The van der Waals surface area contributed by atoms with Crippen molar-refractivity contribution in [2.45, 2.75) is 6.42 Å². The van der Waals surface area contributed by atoms with E-state index in [4.69, 9.17) is 19.5 Å². The molecule has 0 fully saturated rings. The first-order valence-corrected chi connectivity index (χ1v) is 11.1. The lowest BCUT2D eigenvalue weighted by atomic mass is 10.1. The highest BCUT2D eigenvalue weighted by Crippen LogP contribution is 2.37. The number of nitriles is 1. The summed E-state index contributed by atoms with van der Waals surface area (Å²) in [6.07, 6.45) is 2.38. The fourth-order valence-corrected chi connectivity index (χ4v) is 3.56. The van der Waals surface area contributed by atoms with Gasteiger partial charge in [0.1, 0.15) is 11.5 Å². The standard InChI is InChI=1S/C27H23N5O5/c1-35-25-15-22-23(16-26(25)36-2)29-14-12-24(22)37-21-9-5-19(6-10-21)30-27(34)31-32(17-33)20-7-3-18(4-8-20)11-13-28/h3-10,12,14-17H,11H2,1-2H3,(H2,30,31,34). The second-order valence-electron chi connectivity index (χ2n) is 7.70. The number of anilines is 2. The average molecular weight is 498 g/mol. The molecular formula is C27H23N5O5.